The number of imide groups is 1. The smallest absolute Gasteiger partial charge is 0.342 e. The molecule has 0 atom stereocenters. The van der Waals surface area contributed by atoms with Crippen LogP contribution in [-0.4, -0.2) is 56.7 Å². The first-order valence-electron chi connectivity index (χ1n) is 6.54. The number of amides is 3. The number of carbonyl (C=O) groups excluding carboxylic acids is 3. The van der Waals surface area contributed by atoms with Crippen LogP contribution in [0.1, 0.15) is 10.4 Å². The minimum Gasteiger partial charge on any atom is -0.497 e. The lowest BCUT2D eigenvalue weighted by atomic mass is 10.2. The lowest BCUT2D eigenvalue weighted by molar-refractivity contribution is -0.130. The molecule has 0 aliphatic carbocycles. The monoisotopic (exact) mass is 308 g/mol. The summed E-state index contributed by atoms with van der Waals surface area (Å²) in [6.45, 7) is 0.146. The lowest BCUT2D eigenvalue weighted by Gasteiger charge is -2.13. The summed E-state index contributed by atoms with van der Waals surface area (Å²) in [5.41, 5.74) is 0.168. The third-order valence-electron chi connectivity index (χ3n) is 3.11. The number of hydrogen-bond donors (Lipinski definition) is 1. The summed E-state index contributed by atoms with van der Waals surface area (Å²) in [6.07, 6.45) is 0. The molecular formula is C14H16N2O6. The van der Waals surface area contributed by atoms with E-state index in [1.165, 1.54) is 26.4 Å². The van der Waals surface area contributed by atoms with E-state index in [4.69, 9.17) is 14.2 Å². The Labute approximate surface area is 126 Å². The highest BCUT2D eigenvalue weighted by Crippen LogP contribution is 2.25. The number of hydrogen-bond acceptors (Lipinski definition) is 6. The summed E-state index contributed by atoms with van der Waals surface area (Å²) in [5.74, 6) is -0.489. The normalized spacial score (nSPS) is 13.5. The molecular weight excluding hydrogens is 292 g/mol. The number of ether oxygens (including phenoxy) is 3. The Hall–Kier alpha value is -2.77. The van der Waals surface area contributed by atoms with Crippen molar-refractivity contribution in [2.75, 3.05) is 33.9 Å². The number of methoxy groups -OCH3 is 2. The molecule has 1 aromatic carbocycles. The van der Waals surface area contributed by atoms with Crippen LogP contribution >= 0.6 is 0 Å². The van der Waals surface area contributed by atoms with Gasteiger partial charge in [-0.1, -0.05) is 0 Å². The molecule has 0 saturated carbocycles. The van der Waals surface area contributed by atoms with Crippen molar-refractivity contribution in [3.05, 3.63) is 23.8 Å². The minimum absolute atomic E-state index is 0.168. The molecule has 1 fully saturated rings. The van der Waals surface area contributed by atoms with Crippen LogP contribution in [-0.2, 0) is 9.53 Å². The van der Waals surface area contributed by atoms with Crippen LogP contribution in [0.15, 0.2) is 18.2 Å². The van der Waals surface area contributed by atoms with Crippen LogP contribution in [0, 0.1) is 0 Å². The summed E-state index contributed by atoms with van der Waals surface area (Å²) in [5, 5.41) is 2.49. The first kappa shape index (κ1) is 15.6. The van der Waals surface area contributed by atoms with Gasteiger partial charge in [-0.15, -0.1) is 0 Å². The minimum atomic E-state index is -0.715. The average Bonchev–Trinajstić information content (AvgIpc) is 2.97. The Bertz CT molecular complexity index is 601. The van der Waals surface area contributed by atoms with Crippen LogP contribution < -0.4 is 14.8 Å². The van der Waals surface area contributed by atoms with E-state index in [0.717, 1.165) is 4.90 Å². The second kappa shape index (κ2) is 6.79. The predicted octanol–water partition coefficient (Wildman–Crippen LogP) is 0.412. The fourth-order valence-electron chi connectivity index (χ4n) is 1.96. The quantitative estimate of drug-likeness (QED) is 0.792. The van der Waals surface area contributed by atoms with Gasteiger partial charge in [0.05, 0.1) is 14.2 Å². The van der Waals surface area contributed by atoms with E-state index in [0.29, 0.717) is 12.3 Å². The van der Waals surface area contributed by atoms with Crippen molar-refractivity contribution in [2.24, 2.45) is 0 Å². The second-order valence-electron chi connectivity index (χ2n) is 4.42. The number of nitrogens with one attached hydrogen (secondary N) is 1. The maximum absolute atomic E-state index is 12.0. The fourth-order valence-corrected chi connectivity index (χ4v) is 1.96. The van der Waals surface area contributed by atoms with Gasteiger partial charge in [-0.2, -0.15) is 0 Å². The molecule has 8 nitrogen and oxygen atoms in total. The third-order valence-corrected chi connectivity index (χ3v) is 3.11. The van der Waals surface area contributed by atoms with Gasteiger partial charge < -0.3 is 19.5 Å². The van der Waals surface area contributed by atoms with Gasteiger partial charge in [-0.05, 0) is 12.1 Å². The Morgan fingerprint density at radius 1 is 1.27 bits per heavy atom. The maximum Gasteiger partial charge on any atom is 0.342 e. The van der Waals surface area contributed by atoms with Gasteiger partial charge in [-0.25, -0.2) is 9.59 Å². The third kappa shape index (κ3) is 3.27. The van der Waals surface area contributed by atoms with Crippen LogP contribution in [0.2, 0.25) is 0 Å². The molecule has 1 aromatic rings. The molecule has 0 bridgehead atoms. The van der Waals surface area contributed by atoms with E-state index in [9.17, 15) is 14.4 Å². The molecule has 2 rings (SSSR count). The topological polar surface area (TPSA) is 94.2 Å². The van der Waals surface area contributed by atoms with Gasteiger partial charge >= 0.3 is 12.0 Å². The maximum atomic E-state index is 12.0. The van der Waals surface area contributed by atoms with Crippen LogP contribution in [0.5, 0.6) is 11.5 Å². The predicted molar refractivity (Wildman–Crippen MR) is 74.9 cm³/mol. The van der Waals surface area contributed by atoms with Gasteiger partial charge in [0.25, 0.3) is 5.91 Å². The van der Waals surface area contributed by atoms with Crippen molar-refractivity contribution < 1.29 is 28.6 Å². The molecule has 8 heteroatoms. The van der Waals surface area contributed by atoms with Crippen molar-refractivity contribution in [3.63, 3.8) is 0 Å². The molecule has 3 amide bonds. The summed E-state index contributed by atoms with van der Waals surface area (Å²) in [7, 11) is 2.90. The zero-order chi connectivity index (χ0) is 16.1. The lowest BCUT2D eigenvalue weighted by Crippen LogP contribution is -2.37. The Morgan fingerprint density at radius 3 is 2.64 bits per heavy atom. The number of esters is 1. The van der Waals surface area contributed by atoms with E-state index in [-0.39, 0.29) is 17.9 Å². The first-order valence-corrected chi connectivity index (χ1v) is 6.54. The number of urea groups is 1. The summed E-state index contributed by atoms with van der Waals surface area (Å²) in [4.78, 5) is 36.1. The molecule has 22 heavy (non-hydrogen) atoms. The van der Waals surface area contributed by atoms with Crippen molar-refractivity contribution in [3.8, 4) is 11.5 Å². The molecule has 1 aliphatic heterocycles. The van der Waals surface area contributed by atoms with Crippen molar-refractivity contribution in [2.45, 2.75) is 0 Å². The molecule has 0 radical (unpaired) electrons. The molecule has 0 unspecified atom stereocenters. The summed E-state index contributed by atoms with van der Waals surface area (Å²) < 4.78 is 15.1. The molecule has 0 spiro atoms. The van der Waals surface area contributed by atoms with E-state index in [1.54, 1.807) is 6.07 Å². The molecule has 118 valence electrons. The van der Waals surface area contributed by atoms with Crippen molar-refractivity contribution >= 4 is 17.9 Å². The van der Waals surface area contributed by atoms with Crippen LogP contribution in [0.3, 0.4) is 0 Å². The van der Waals surface area contributed by atoms with Crippen LogP contribution in [0.25, 0.3) is 0 Å². The van der Waals surface area contributed by atoms with Gasteiger partial charge in [-0.3, -0.25) is 9.69 Å². The zero-order valence-corrected chi connectivity index (χ0v) is 12.3. The molecule has 1 saturated heterocycles. The Kier molecular flexibility index (Phi) is 4.82. The second-order valence-corrected chi connectivity index (χ2v) is 4.42. The van der Waals surface area contributed by atoms with Gasteiger partial charge in [0, 0.05) is 19.2 Å². The first-order chi connectivity index (χ1) is 10.6. The fraction of sp³-hybridized carbons (Fsp3) is 0.357. The highest BCUT2D eigenvalue weighted by Gasteiger charge is 2.27. The SMILES string of the molecule is COc1ccc(C(=O)OCC(=O)N2CCNC2=O)c(OC)c1. The van der Waals surface area contributed by atoms with Crippen molar-refractivity contribution in [1.29, 1.82) is 0 Å². The standard InChI is InChI=1S/C14H16N2O6/c1-20-9-3-4-10(11(7-9)21-2)13(18)22-8-12(17)16-6-5-15-14(16)19/h3-4,7H,5-6,8H2,1-2H3,(H,15,19). The van der Waals surface area contributed by atoms with E-state index in [1.807, 2.05) is 0 Å². The molecule has 0 aromatic heterocycles. The highest BCUT2D eigenvalue weighted by atomic mass is 16.5. The summed E-state index contributed by atoms with van der Waals surface area (Å²) in [6, 6.07) is 4.11. The molecule has 1 aliphatic rings. The van der Waals surface area contributed by atoms with E-state index < -0.39 is 24.5 Å². The highest BCUT2D eigenvalue weighted by molar-refractivity contribution is 5.98. The number of nitrogens with zero attached hydrogens (tertiary/aromatic N) is 1. The Morgan fingerprint density at radius 2 is 2.05 bits per heavy atom. The van der Waals surface area contributed by atoms with Gasteiger partial charge in [0.15, 0.2) is 6.61 Å². The molecule has 1 heterocycles. The zero-order valence-electron chi connectivity index (χ0n) is 12.3. The van der Waals surface area contributed by atoms with E-state index in [2.05, 4.69) is 5.32 Å². The number of carbonyl (C=O) groups is 3. The van der Waals surface area contributed by atoms with Gasteiger partial charge in [0.2, 0.25) is 0 Å². The van der Waals surface area contributed by atoms with E-state index >= 15 is 0 Å². The summed E-state index contributed by atoms with van der Waals surface area (Å²) >= 11 is 0. The number of rotatable bonds is 5. The average molecular weight is 308 g/mol. The van der Waals surface area contributed by atoms with Gasteiger partial charge in [0.1, 0.15) is 17.1 Å². The van der Waals surface area contributed by atoms with Crippen molar-refractivity contribution in [1.82, 2.24) is 10.2 Å². The largest absolute Gasteiger partial charge is 0.497 e. The Balaban J connectivity index is 2.00. The number of benzene rings is 1. The van der Waals surface area contributed by atoms with Crippen LogP contribution in [0.4, 0.5) is 4.79 Å². The molecule has 1 N–H and O–H groups in total.